The van der Waals surface area contributed by atoms with Crippen molar-refractivity contribution in [1.29, 1.82) is 0 Å². The third kappa shape index (κ3) is 3.52. The molecule has 0 atom stereocenters. The largest absolute Gasteiger partial charge is 0.309 e. The number of benzene rings is 6. The van der Waals surface area contributed by atoms with Crippen molar-refractivity contribution < 1.29 is 0 Å². The molecule has 212 valence electrons. The van der Waals surface area contributed by atoms with Crippen molar-refractivity contribution in [2.75, 3.05) is 0 Å². The summed E-state index contributed by atoms with van der Waals surface area (Å²) in [4.78, 5) is 5.28. The highest BCUT2D eigenvalue weighted by molar-refractivity contribution is 6.23. The predicted octanol–water partition coefficient (Wildman–Crippen LogP) is 8.14. The van der Waals surface area contributed by atoms with E-state index in [0.29, 0.717) is 5.95 Å². The van der Waals surface area contributed by atoms with Crippen LogP contribution in [0.2, 0.25) is 0 Å². The second-order valence-electron chi connectivity index (χ2n) is 11.3. The molecule has 0 aliphatic rings. The smallest absolute Gasteiger partial charge is 0.255 e. The molecule has 0 saturated carbocycles. The number of nitrogens with zero attached hydrogens (tertiary/aromatic N) is 5. The summed E-state index contributed by atoms with van der Waals surface area (Å²) in [7, 11) is 0. The molecule has 3 heterocycles. The second-order valence-corrected chi connectivity index (χ2v) is 11.3. The van der Waals surface area contributed by atoms with Crippen molar-refractivity contribution in [3.63, 3.8) is 0 Å². The molecule has 0 spiro atoms. The highest BCUT2D eigenvalue weighted by Gasteiger charge is 2.21. The van der Waals surface area contributed by atoms with E-state index in [1.54, 1.807) is 0 Å². The fourth-order valence-corrected chi connectivity index (χ4v) is 7.16. The number of para-hydroxylation sites is 2. The number of rotatable bonds is 3. The summed E-state index contributed by atoms with van der Waals surface area (Å²) in [5.74, 6) is 0.552. The lowest BCUT2D eigenvalue weighted by molar-refractivity contribution is 0.926. The molecule has 0 bridgehead atoms. The molecule has 0 fully saturated rings. The molecule has 0 N–H and O–H groups in total. The Morgan fingerprint density at radius 3 is 1.84 bits per heavy atom. The molecule has 9 rings (SSSR count). The molecule has 3 aromatic heterocycles. The Morgan fingerprint density at radius 1 is 0.556 bits per heavy atom. The maximum atomic E-state index is 5.28. The third-order valence-electron chi connectivity index (χ3n) is 8.95. The minimum Gasteiger partial charge on any atom is -0.309 e. The molecule has 0 amide bonds. The van der Waals surface area contributed by atoms with Crippen LogP contribution in [0.15, 0.2) is 128 Å². The molecule has 0 saturated heterocycles. The molecule has 9 aromatic rings. The highest BCUT2D eigenvalue weighted by Crippen LogP contribution is 2.37. The molecule has 5 nitrogen and oxygen atoms in total. The Hall–Kier alpha value is -6.07. The average Bonchev–Trinajstić information content (AvgIpc) is 3.61. The van der Waals surface area contributed by atoms with Crippen molar-refractivity contribution in [2.24, 2.45) is 0 Å². The second kappa shape index (κ2) is 9.73. The number of allylic oxidation sites excluding steroid dienone is 1. The predicted molar refractivity (Wildman–Crippen MR) is 188 cm³/mol. The van der Waals surface area contributed by atoms with Gasteiger partial charge >= 0.3 is 0 Å². The summed E-state index contributed by atoms with van der Waals surface area (Å²) >= 11 is 0. The van der Waals surface area contributed by atoms with Gasteiger partial charge in [-0.05, 0) is 54.1 Å². The summed E-state index contributed by atoms with van der Waals surface area (Å²) in [6.45, 7) is 6.15. The molecule has 0 aliphatic carbocycles. The Bertz CT molecular complexity index is 2750. The number of aromatic nitrogens is 5. The van der Waals surface area contributed by atoms with E-state index in [-0.39, 0.29) is 0 Å². The van der Waals surface area contributed by atoms with Gasteiger partial charge in [-0.1, -0.05) is 104 Å². The van der Waals surface area contributed by atoms with E-state index in [4.69, 9.17) is 15.2 Å². The van der Waals surface area contributed by atoms with E-state index >= 15 is 0 Å². The van der Waals surface area contributed by atoms with Crippen molar-refractivity contribution in [1.82, 2.24) is 24.3 Å². The minimum absolute atomic E-state index is 0.552. The number of hydrogen-bond donors (Lipinski definition) is 0. The van der Waals surface area contributed by atoms with Crippen LogP contribution >= 0.6 is 0 Å². The van der Waals surface area contributed by atoms with E-state index in [1.807, 2.05) is 18.2 Å². The van der Waals surface area contributed by atoms with Crippen LogP contribution in [0.25, 0.3) is 89.1 Å². The van der Waals surface area contributed by atoms with E-state index in [1.165, 1.54) is 5.39 Å². The van der Waals surface area contributed by atoms with E-state index < -0.39 is 0 Å². The Labute approximate surface area is 258 Å². The van der Waals surface area contributed by atoms with Crippen LogP contribution in [0.4, 0.5) is 0 Å². The van der Waals surface area contributed by atoms with Crippen molar-refractivity contribution in [2.45, 2.75) is 6.92 Å². The number of fused-ring (bicyclic) bond motifs is 11. The first kappa shape index (κ1) is 25.4. The minimum atomic E-state index is 0.552. The lowest BCUT2D eigenvalue weighted by Crippen LogP contribution is -2.27. The Morgan fingerprint density at radius 2 is 1.16 bits per heavy atom. The summed E-state index contributed by atoms with van der Waals surface area (Å²) in [5, 5.41) is 19.8. The molecule has 0 aliphatic heterocycles. The van der Waals surface area contributed by atoms with Crippen LogP contribution in [0.3, 0.4) is 0 Å². The summed E-state index contributed by atoms with van der Waals surface area (Å²) < 4.78 is 4.49. The molecule has 5 heteroatoms. The average molecular weight is 578 g/mol. The fourth-order valence-electron chi connectivity index (χ4n) is 7.16. The van der Waals surface area contributed by atoms with E-state index in [2.05, 4.69) is 138 Å². The van der Waals surface area contributed by atoms with Crippen LogP contribution in [0, 0.1) is 0 Å². The van der Waals surface area contributed by atoms with Gasteiger partial charge in [-0.3, -0.25) is 4.57 Å². The first-order chi connectivity index (χ1) is 22.3. The zero-order valence-corrected chi connectivity index (χ0v) is 24.6. The van der Waals surface area contributed by atoms with Gasteiger partial charge < -0.3 is 4.57 Å². The van der Waals surface area contributed by atoms with Gasteiger partial charge in [0.2, 0.25) is 0 Å². The zero-order valence-electron chi connectivity index (χ0n) is 24.6. The lowest BCUT2D eigenvalue weighted by Gasteiger charge is -2.11. The summed E-state index contributed by atoms with van der Waals surface area (Å²) in [6.07, 6.45) is 6.16. The topological polar surface area (TPSA) is 48.5 Å². The first-order valence-electron chi connectivity index (χ1n) is 15.1. The van der Waals surface area contributed by atoms with Crippen molar-refractivity contribution in [3.8, 4) is 11.6 Å². The van der Waals surface area contributed by atoms with Crippen LogP contribution in [0.1, 0.15) is 6.92 Å². The van der Waals surface area contributed by atoms with Gasteiger partial charge in [-0.15, -0.1) is 10.2 Å². The lowest BCUT2D eigenvalue weighted by atomic mass is 10.00. The summed E-state index contributed by atoms with van der Waals surface area (Å²) in [5.41, 5.74) is 5.97. The summed E-state index contributed by atoms with van der Waals surface area (Å²) in [6, 6.07) is 40.2. The van der Waals surface area contributed by atoms with Crippen molar-refractivity contribution in [3.05, 3.63) is 138 Å². The highest BCUT2D eigenvalue weighted by atomic mass is 15.3. The van der Waals surface area contributed by atoms with Crippen LogP contribution in [0.5, 0.6) is 0 Å². The Balaban J connectivity index is 1.44. The van der Waals surface area contributed by atoms with Gasteiger partial charge in [-0.25, -0.2) is 4.98 Å². The maximum Gasteiger partial charge on any atom is 0.255 e. The van der Waals surface area contributed by atoms with Gasteiger partial charge in [0.25, 0.3) is 5.95 Å². The van der Waals surface area contributed by atoms with Crippen LogP contribution < -0.4 is 10.6 Å². The van der Waals surface area contributed by atoms with E-state index in [0.717, 1.165) is 76.2 Å². The zero-order chi connectivity index (χ0) is 30.1. The van der Waals surface area contributed by atoms with Crippen LogP contribution in [-0.4, -0.2) is 24.3 Å². The normalized spacial score (nSPS) is 12.9. The molecule has 45 heavy (non-hydrogen) atoms. The van der Waals surface area contributed by atoms with Gasteiger partial charge in [0.05, 0.1) is 21.9 Å². The molecule has 6 aromatic carbocycles. The van der Waals surface area contributed by atoms with Gasteiger partial charge in [0, 0.05) is 37.8 Å². The first-order valence-corrected chi connectivity index (χ1v) is 15.1. The quantitative estimate of drug-likeness (QED) is 0.199. The van der Waals surface area contributed by atoms with Crippen LogP contribution in [-0.2, 0) is 0 Å². The molecular weight excluding hydrogens is 550 g/mol. The standard InChI is InChI=1S/C40H27N5/c1-3-14-32-26(4-2)36-34(44(32)25-15-6-5-7-16-25)23-24-35-37(36)31-21-12-13-22-33(31)45(35)40-41-38-29-19-10-8-17-27(29)28-18-9-11-20-30(28)39(38)42-43-40/h3-24H,1H2,2H3/b26-4+,32-14+. The molecular formula is C40H27N5. The SMILES string of the molecule is C=C/C=c1\c(=C/C)c2c3c4ccccc4n(-c4nnc5c6ccccc6c6ccccc6c5n4)c3ccc2n1-c1ccccc1. The molecule has 0 radical (unpaired) electrons. The van der Waals surface area contributed by atoms with E-state index in [9.17, 15) is 0 Å². The fraction of sp³-hybridized carbons (Fsp3) is 0.0250. The van der Waals surface area contributed by atoms with Gasteiger partial charge in [0.15, 0.2) is 0 Å². The number of hydrogen-bond acceptors (Lipinski definition) is 3. The maximum absolute atomic E-state index is 5.28. The van der Waals surface area contributed by atoms with Crippen molar-refractivity contribution >= 4 is 77.4 Å². The Kier molecular flexibility index (Phi) is 5.50. The third-order valence-corrected chi connectivity index (χ3v) is 8.95. The monoisotopic (exact) mass is 577 g/mol. The van der Waals surface area contributed by atoms with Gasteiger partial charge in [0.1, 0.15) is 11.0 Å². The molecule has 0 unspecified atom stereocenters. The van der Waals surface area contributed by atoms with Gasteiger partial charge in [-0.2, -0.15) is 0 Å².